The van der Waals surface area contributed by atoms with Crippen LogP contribution in [0.3, 0.4) is 0 Å². The van der Waals surface area contributed by atoms with Gasteiger partial charge in [-0.15, -0.1) is 0 Å². The maximum Gasteiger partial charge on any atom is 0.337 e. The van der Waals surface area contributed by atoms with Crippen molar-refractivity contribution in [2.24, 2.45) is 0 Å². The fourth-order valence-electron chi connectivity index (χ4n) is 2.41. The Balaban J connectivity index is 1.72. The van der Waals surface area contributed by atoms with Gasteiger partial charge in [-0.2, -0.15) is 0 Å². The first kappa shape index (κ1) is 19.3. The molecule has 0 aliphatic rings. The summed E-state index contributed by atoms with van der Waals surface area (Å²) >= 11 is 6.13. The molecule has 0 aliphatic heterocycles. The zero-order valence-corrected chi connectivity index (χ0v) is 15.7. The van der Waals surface area contributed by atoms with Crippen LogP contribution in [-0.4, -0.2) is 29.0 Å². The van der Waals surface area contributed by atoms with Crippen LogP contribution in [0.25, 0.3) is 0 Å². The first-order valence-corrected chi connectivity index (χ1v) is 8.73. The number of carbonyl (C=O) groups is 2. The molecule has 3 aromatic rings. The predicted molar refractivity (Wildman–Crippen MR) is 107 cm³/mol. The molecular weight excluding hydrogens is 380 g/mol. The van der Waals surface area contributed by atoms with Crippen LogP contribution in [-0.2, 0) is 11.3 Å². The Morgan fingerprint density at radius 1 is 1.04 bits per heavy atom. The molecule has 0 saturated carbocycles. The van der Waals surface area contributed by atoms with Crippen LogP contribution in [0.15, 0.2) is 60.9 Å². The maximum absolute atomic E-state index is 12.6. The van der Waals surface area contributed by atoms with Crippen LogP contribution >= 0.6 is 11.6 Å². The van der Waals surface area contributed by atoms with Crippen molar-refractivity contribution in [2.75, 3.05) is 17.7 Å². The Morgan fingerprint density at radius 3 is 2.64 bits per heavy atom. The number of nitrogens with zero attached hydrogens (tertiary/aromatic N) is 2. The number of amides is 1. The lowest BCUT2D eigenvalue weighted by atomic mass is 10.2. The van der Waals surface area contributed by atoms with E-state index in [1.807, 2.05) is 18.2 Å². The molecule has 0 bridgehead atoms. The standard InChI is InChI=1S/C20H17ClN4O3/c1-28-20(27)14-5-6-16(21)17(10-14)25-19(26)13-7-9-23-18(11-13)24-12-15-4-2-3-8-22-15/h2-11H,12H2,1H3,(H,23,24)(H,25,26). The number of benzene rings is 1. The number of carbonyl (C=O) groups excluding carboxylic acids is 2. The van der Waals surface area contributed by atoms with Crippen molar-refractivity contribution in [3.63, 3.8) is 0 Å². The van der Waals surface area contributed by atoms with Gasteiger partial charge in [0.1, 0.15) is 5.82 Å². The molecule has 8 heteroatoms. The minimum absolute atomic E-state index is 0.287. The van der Waals surface area contributed by atoms with Gasteiger partial charge < -0.3 is 15.4 Å². The van der Waals surface area contributed by atoms with Gasteiger partial charge in [0, 0.05) is 18.0 Å². The molecular formula is C20H17ClN4O3. The summed E-state index contributed by atoms with van der Waals surface area (Å²) < 4.78 is 4.68. The summed E-state index contributed by atoms with van der Waals surface area (Å²) in [7, 11) is 1.28. The first-order valence-electron chi connectivity index (χ1n) is 8.36. The summed E-state index contributed by atoms with van der Waals surface area (Å²) in [4.78, 5) is 32.7. The third-order valence-electron chi connectivity index (χ3n) is 3.83. The van der Waals surface area contributed by atoms with E-state index in [1.165, 1.54) is 31.5 Å². The smallest absolute Gasteiger partial charge is 0.337 e. The molecule has 0 aliphatic carbocycles. The molecule has 1 amide bonds. The number of ether oxygens (including phenoxy) is 1. The highest BCUT2D eigenvalue weighted by atomic mass is 35.5. The largest absolute Gasteiger partial charge is 0.465 e. The number of pyridine rings is 2. The molecule has 2 N–H and O–H groups in total. The quantitative estimate of drug-likeness (QED) is 0.616. The number of methoxy groups -OCH3 is 1. The van der Waals surface area contributed by atoms with E-state index in [4.69, 9.17) is 11.6 Å². The highest BCUT2D eigenvalue weighted by molar-refractivity contribution is 6.34. The summed E-state index contributed by atoms with van der Waals surface area (Å²) in [6, 6.07) is 13.3. The number of esters is 1. The Bertz CT molecular complexity index is 996. The van der Waals surface area contributed by atoms with Gasteiger partial charge in [0.25, 0.3) is 5.91 Å². The number of rotatable bonds is 6. The molecule has 0 saturated heterocycles. The first-order chi connectivity index (χ1) is 13.6. The molecule has 2 heterocycles. The minimum Gasteiger partial charge on any atom is -0.465 e. The van der Waals surface area contributed by atoms with Crippen molar-refractivity contribution >= 4 is 35.0 Å². The topological polar surface area (TPSA) is 93.2 Å². The van der Waals surface area contributed by atoms with Gasteiger partial charge in [0.15, 0.2) is 0 Å². The minimum atomic E-state index is -0.517. The lowest BCUT2D eigenvalue weighted by molar-refractivity contribution is 0.0600. The lowest BCUT2D eigenvalue weighted by Crippen LogP contribution is -2.14. The number of anilines is 2. The average Bonchev–Trinajstić information content (AvgIpc) is 2.74. The second-order valence-corrected chi connectivity index (χ2v) is 6.15. The maximum atomic E-state index is 12.6. The summed E-state index contributed by atoms with van der Waals surface area (Å²) in [5.74, 6) is -0.364. The fourth-order valence-corrected chi connectivity index (χ4v) is 2.58. The van der Waals surface area contributed by atoms with Gasteiger partial charge in [-0.3, -0.25) is 9.78 Å². The Labute approximate surface area is 166 Å². The van der Waals surface area contributed by atoms with Crippen LogP contribution in [0.1, 0.15) is 26.4 Å². The van der Waals surface area contributed by atoms with Crippen molar-refractivity contribution in [3.8, 4) is 0 Å². The van der Waals surface area contributed by atoms with Crippen molar-refractivity contribution in [3.05, 3.63) is 82.8 Å². The zero-order valence-electron chi connectivity index (χ0n) is 15.0. The third-order valence-corrected chi connectivity index (χ3v) is 4.16. The highest BCUT2D eigenvalue weighted by Crippen LogP contribution is 2.24. The van der Waals surface area contributed by atoms with Crippen LogP contribution in [0.2, 0.25) is 5.02 Å². The van der Waals surface area contributed by atoms with Crippen LogP contribution in [0.4, 0.5) is 11.5 Å². The van der Waals surface area contributed by atoms with E-state index in [1.54, 1.807) is 18.3 Å². The van der Waals surface area contributed by atoms with E-state index in [9.17, 15) is 9.59 Å². The lowest BCUT2D eigenvalue weighted by Gasteiger charge is -2.10. The number of aromatic nitrogens is 2. The zero-order chi connectivity index (χ0) is 19.9. The highest BCUT2D eigenvalue weighted by Gasteiger charge is 2.13. The Kier molecular flexibility index (Phi) is 6.18. The van der Waals surface area contributed by atoms with E-state index in [-0.39, 0.29) is 11.5 Å². The van der Waals surface area contributed by atoms with Gasteiger partial charge in [0.05, 0.1) is 35.6 Å². The molecule has 0 spiro atoms. The number of hydrogen-bond donors (Lipinski definition) is 2. The van der Waals surface area contributed by atoms with Gasteiger partial charge in [0.2, 0.25) is 0 Å². The normalized spacial score (nSPS) is 10.2. The molecule has 142 valence electrons. The Morgan fingerprint density at radius 2 is 1.89 bits per heavy atom. The molecule has 0 fully saturated rings. The van der Waals surface area contributed by atoms with Gasteiger partial charge in [-0.05, 0) is 42.5 Å². The van der Waals surface area contributed by atoms with Gasteiger partial charge in [-0.25, -0.2) is 9.78 Å². The van der Waals surface area contributed by atoms with Crippen molar-refractivity contribution in [2.45, 2.75) is 6.54 Å². The molecule has 1 aromatic carbocycles. The van der Waals surface area contributed by atoms with Crippen LogP contribution in [0, 0.1) is 0 Å². The molecule has 0 radical (unpaired) electrons. The molecule has 3 rings (SSSR count). The third kappa shape index (κ3) is 4.83. The number of nitrogens with one attached hydrogen (secondary N) is 2. The van der Waals surface area contributed by atoms with E-state index in [0.717, 1.165) is 5.69 Å². The van der Waals surface area contributed by atoms with Crippen LogP contribution < -0.4 is 10.6 Å². The molecule has 0 unspecified atom stereocenters. The average molecular weight is 397 g/mol. The second kappa shape index (κ2) is 8.96. The summed E-state index contributed by atoms with van der Waals surface area (Å²) in [6.07, 6.45) is 3.24. The number of hydrogen-bond acceptors (Lipinski definition) is 6. The molecule has 28 heavy (non-hydrogen) atoms. The summed E-state index contributed by atoms with van der Waals surface area (Å²) in [6.45, 7) is 0.478. The van der Waals surface area contributed by atoms with E-state index < -0.39 is 5.97 Å². The van der Waals surface area contributed by atoms with Crippen molar-refractivity contribution in [1.82, 2.24) is 9.97 Å². The molecule has 0 atom stereocenters. The van der Waals surface area contributed by atoms with Crippen LogP contribution in [0.5, 0.6) is 0 Å². The van der Waals surface area contributed by atoms with Crippen molar-refractivity contribution < 1.29 is 14.3 Å². The molecule has 2 aromatic heterocycles. The fraction of sp³-hybridized carbons (Fsp3) is 0.100. The number of halogens is 1. The van der Waals surface area contributed by atoms with Crippen molar-refractivity contribution in [1.29, 1.82) is 0 Å². The molecule has 7 nitrogen and oxygen atoms in total. The van der Waals surface area contributed by atoms with Gasteiger partial charge >= 0.3 is 5.97 Å². The summed E-state index contributed by atoms with van der Waals surface area (Å²) in [5, 5.41) is 6.13. The van der Waals surface area contributed by atoms with Gasteiger partial charge in [-0.1, -0.05) is 17.7 Å². The summed E-state index contributed by atoms with van der Waals surface area (Å²) in [5.41, 5.74) is 1.84. The van der Waals surface area contributed by atoms with E-state index >= 15 is 0 Å². The predicted octanol–water partition coefficient (Wildman–Crippen LogP) is 3.78. The SMILES string of the molecule is COC(=O)c1ccc(Cl)c(NC(=O)c2ccnc(NCc3ccccn3)c2)c1. The van der Waals surface area contributed by atoms with E-state index in [0.29, 0.717) is 28.6 Å². The Hall–Kier alpha value is -3.45. The second-order valence-electron chi connectivity index (χ2n) is 5.74. The monoisotopic (exact) mass is 396 g/mol. The van der Waals surface area contributed by atoms with E-state index in [2.05, 4.69) is 25.3 Å².